The summed E-state index contributed by atoms with van der Waals surface area (Å²) in [6, 6.07) is 6.21. The van der Waals surface area contributed by atoms with Gasteiger partial charge in [0, 0.05) is 16.3 Å². The van der Waals surface area contributed by atoms with Gasteiger partial charge in [0.15, 0.2) is 0 Å². The van der Waals surface area contributed by atoms with E-state index < -0.39 is 0 Å². The van der Waals surface area contributed by atoms with Crippen LogP contribution >= 0.6 is 23.4 Å². The lowest BCUT2D eigenvalue weighted by atomic mass is 9.94. The van der Waals surface area contributed by atoms with Crippen LogP contribution in [0.1, 0.15) is 25.7 Å². The minimum absolute atomic E-state index is 0.546. The minimum atomic E-state index is 0.546. The van der Waals surface area contributed by atoms with Gasteiger partial charge in [-0.1, -0.05) is 18.0 Å². The Bertz CT molecular complexity index is 384. The van der Waals surface area contributed by atoms with Gasteiger partial charge in [-0.3, -0.25) is 0 Å². The molecule has 0 bridgehead atoms. The Morgan fingerprint density at radius 1 is 1.41 bits per heavy atom. The largest absolute Gasteiger partial charge is 0.397 e. The summed E-state index contributed by atoms with van der Waals surface area (Å²) >= 11 is 7.87. The highest BCUT2D eigenvalue weighted by Gasteiger charge is 2.21. The van der Waals surface area contributed by atoms with Crippen LogP contribution < -0.4 is 11.1 Å². The van der Waals surface area contributed by atoms with Crippen molar-refractivity contribution in [2.24, 2.45) is 0 Å². The molecule has 94 valence electrons. The van der Waals surface area contributed by atoms with Crippen molar-refractivity contribution in [3.63, 3.8) is 0 Å². The monoisotopic (exact) mass is 270 g/mol. The summed E-state index contributed by atoms with van der Waals surface area (Å²) in [6.07, 6.45) is 7.30. The average Bonchev–Trinajstić information content (AvgIpc) is 2.33. The molecule has 0 heterocycles. The van der Waals surface area contributed by atoms with E-state index in [9.17, 15) is 0 Å². The molecule has 1 aliphatic carbocycles. The molecule has 1 aromatic carbocycles. The molecule has 3 N–H and O–H groups in total. The van der Waals surface area contributed by atoms with Crippen LogP contribution in [0.15, 0.2) is 18.2 Å². The molecule has 2 unspecified atom stereocenters. The summed E-state index contributed by atoms with van der Waals surface area (Å²) in [5, 5.41) is 5.02. The lowest BCUT2D eigenvalue weighted by molar-refractivity contribution is 0.474. The Labute approximate surface area is 112 Å². The van der Waals surface area contributed by atoms with E-state index in [4.69, 9.17) is 17.3 Å². The number of thioether (sulfide) groups is 1. The second-order valence-corrected chi connectivity index (χ2v) is 6.17. The van der Waals surface area contributed by atoms with Gasteiger partial charge >= 0.3 is 0 Å². The van der Waals surface area contributed by atoms with Crippen LogP contribution in [0.3, 0.4) is 0 Å². The Hall–Kier alpha value is -0.540. The van der Waals surface area contributed by atoms with Crippen molar-refractivity contribution in [2.75, 3.05) is 17.3 Å². The third kappa shape index (κ3) is 3.46. The van der Waals surface area contributed by atoms with Gasteiger partial charge in [0.05, 0.1) is 11.4 Å². The van der Waals surface area contributed by atoms with E-state index in [2.05, 4.69) is 11.6 Å². The van der Waals surface area contributed by atoms with Gasteiger partial charge in [-0.05, 0) is 43.7 Å². The Morgan fingerprint density at radius 2 is 2.24 bits per heavy atom. The highest BCUT2D eigenvalue weighted by molar-refractivity contribution is 7.99. The number of halogens is 1. The molecule has 0 aliphatic heterocycles. The number of hydrogen-bond donors (Lipinski definition) is 2. The Morgan fingerprint density at radius 3 is 2.94 bits per heavy atom. The summed E-state index contributed by atoms with van der Waals surface area (Å²) < 4.78 is 0. The molecule has 0 spiro atoms. The van der Waals surface area contributed by atoms with Crippen LogP contribution in [-0.2, 0) is 0 Å². The van der Waals surface area contributed by atoms with Gasteiger partial charge in [-0.15, -0.1) is 0 Å². The van der Waals surface area contributed by atoms with Gasteiger partial charge in [0.1, 0.15) is 0 Å². The smallest absolute Gasteiger partial charge is 0.0577 e. The number of rotatable bonds is 3. The Balaban J connectivity index is 2.00. The summed E-state index contributed by atoms with van der Waals surface area (Å²) in [4.78, 5) is 0. The molecule has 4 heteroatoms. The maximum atomic E-state index is 5.95. The first-order valence-corrected chi connectivity index (χ1v) is 7.70. The van der Waals surface area contributed by atoms with E-state index in [0.29, 0.717) is 11.1 Å². The minimum Gasteiger partial charge on any atom is -0.397 e. The zero-order valence-electron chi connectivity index (χ0n) is 10.1. The molecular formula is C13H19ClN2S. The van der Waals surface area contributed by atoms with Crippen LogP contribution in [-0.4, -0.2) is 17.5 Å². The fraction of sp³-hybridized carbons (Fsp3) is 0.538. The predicted octanol–water partition coefficient (Wildman–Crippen LogP) is 4.01. The molecule has 1 aliphatic rings. The maximum Gasteiger partial charge on any atom is 0.0577 e. The normalized spacial score (nSPS) is 24.6. The molecule has 17 heavy (non-hydrogen) atoms. The molecule has 2 rings (SSSR count). The zero-order valence-corrected chi connectivity index (χ0v) is 11.7. The number of nitrogens with one attached hydrogen (secondary N) is 1. The molecule has 0 aromatic heterocycles. The number of benzene rings is 1. The first-order valence-electron chi connectivity index (χ1n) is 6.03. The average molecular weight is 271 g/mol. The molecule has 2 nitrogen and oxygen atoms in total. The predicted molar refractivity (Wildman–Crippen MR) is 79.0 cm³/mol. The van der Waals surface area contributed by atoms with Crippen molar-refractivity contribution in [2.45, 2.75) is 37.0 Å². The zero-order chi connectivity index (χ0) is 12.3. The maximum absolute atomic E-state index is 5.95. The summed E-state index contributed by atoms with van der Waals surface area (Å²) in [5.74, 6) is 0. The van der Waals surface area contributed by atoms with Gasteiger partial charge in [0.2, 0.25) is 0 Å². The topological polar surface area (TPSA) is 38.0 Å². The number of anilines is 2. The fourth-order valence-electron chi connectivity index (χ4n) is 2.38. The second kappa shape index (κ2) is 5.87. The molecule has 1 aromatic rings. The molecule has 1 saturated carbocycles. The van der Waals surface area contributed by atoms with Crippen LogP contribution in [0.25, 0.3) is 0 Å². The lowest BCUT2D eigenvalue weighted by Crippen LogP contribution is -2.28. The first-order chi connectivity index (χ1) is 8.19. The van der Waals surface area contributed by atoms with E-state index in [0.717, 1.165) is 16.6 Å². The highest BCUT2D eigenvalue weighted by Crippen LogP contribution is 2.31. The Kier molecular flexibility index (Phi) is 4.46. The van der Waals surface area contributed by atoms with Crippen LogP contribution in [0.4, 0.5) is 11.4 Å². The summed E-state index contributed by atoms with van der Waals surface area (Å²) in [6.45, 7) is 0. The molecule has 0 saturated heterocycles. The van der Waals surface area contributed by atoms with Crippen molar-refractivity contribution in [1.29, 1.82) is 0 Å². The van der Waals surface area contributed by atoms with Gasteiger partial charge in [-0.2, -0.15) is 11.8 Å². The van der Waals surface area contributed by atoms with E-state index in [-0.39, 0.29) is 0 Å². The van der Waals surface area contributed by atoms with Crippen molar-refractivity contribution < 1.29 is 0 Å². The highest BCUT2D eigenvalue weighted by atomic mass is 35.5. The van der Waals surface area contributed by atoms with E-state index >= 15 is 0 Å². The number of nitrogen functional groups attached to an aromatic ring is 1. The standard InChI is InChI=1S/C13H19ClN2S/c1-17-11-4-2-3-10(8-11)16-13-6-5-9(14)7-12(13)15/h5-7,10-11,16H,2-4,8,15H2,1H3. The first kappa shape index (κ1) is 12.9. The fourth-order valence-corrected chi connectivity index (χ4v) is 3.38. The van der Waals surface area contributed by atoms with E-state index in [1.165, 1.54) is 25.7 Å². The van der Waals surface area contributed by atoms with Gasteiger partial charge < -0.3 is 11.1 Å². The molecule has 0 radical (unpaired) electrons. The van der Waals surface area contributed by atoms with Crippen molar-refractivity contribution in [3.05, 3.63) is 23.2 Å². The SMILES string of the molecule is CSC1CCCC(Nc2ccc(Cl)cc2N)C1. The van der Waals surface area contributed by atoms with Crippen LogP contribution in [0, 0.1) is 0 Å². The lowest BCUT2D eigenvalue weighted by Gasteiger charge is -2.29. The van der Waals surface area contributed by atoms with Gasteiger partial charge in [0.25, 0.3) is 0 Å². The van der Waals surface area contributed by atoms with E-state index in [1.807, 2.05) is 23.9 Å². The van der Waals surface area contributed by atoms with Crippen molar-refractivity contribution in [3.8, 4) is 0 Å². The number of hydrogen-bond acceptors (Lipinski definition) is 3. The second-order valence-electron chi connectivity index (χ2n) is 4.60. The molecule has 0 amide bonds. The van der Waals surface area contributed by atoms with E-state index in [1.54, 1.807) is 6.07 Å². The molecular weight excluding hydrogens is 252 g/mol. The summed E-state index contributed by atoms with van der Waals surface area (Å²) in [7, 11) is 0. The van der Waals surface area contributed by atoms with Gasteiger partial charge in [-0.25, -0.2) is 0 Å². The number of nitrogens with two attached hydrogens (primary N) is 1. The van der Waals surface area contributed by atoms with Crippen molar-refractivity contribution in [1.82, 2.24) is 0 Å². The van der Waals surface area contributed by atoms with Crippen molar-refractivity contribution >= 4 is 34.7 Å². The molecule has 2 atom stereocenters. The molecule has 1 fully saturated rings. The summed E-state index contributed by atoms with van der Waals surface area (Å²) in [5.41, 5.74) is 7.71. The van der Waals surface area contributed by atoms with Crippen LogP contribution in [0.2, 0.25) is 5.02 Å². The van der Waals surface area contributed by atoms with Crippen LogP contribution in [0.5, 0.6) is 0 Å². The quantitative estimate of drug-likeness (QED) is 0.815. The third-order valence-corrected chi connectivity index (χ3v) is 4.66. The third-order valence-electron chi connectivity index (χ3n) is 3.33.